The van der Waals surface area contributed by atoms with Gasteiger partial charge in [0, 0.05) is 32.0 Å². The number of aromatic nitrogens is 1. The third-order valence-corrected chi connectivity index (χ3v) is 5.61. The standard InChI is InChI=1S/C19H21N3O4S/c1-27(25,26)16-8-5-15(6-9-16)7-10-18(23)21-12-13-22(19(24)14-21)17-4-2-3-11-20-17/h2-6,8-9,11H,7,10,12-14H2,1H3. The molecule has 0 N–H and O–H groups in total. The maximum absolute atomic E-state index is 12.4. The van der Waals surface area contributed by atoms with Crippen molar-refractivity contribution in [3.63, 3.8) is 0 Å². The number of sulfone groups is 1. The van der Waals surface area contributed by atoms with E-state index in [-0.39, 0.29) is 29.7 Å². The molecule has 0 unspecified atom stereocenters. The zero-order valence-electron chi connectivity index (χ0n) is 15.0. The minimum atomic E-state index is -3.22. The van der Waals surface area contributed by atoms with Gasteiger partial charge in [-0.25, -0.2) is 13.4 Å². The Labute approximate surface area is 158 Å². The first kappa shape index (κ1) is 19.0. The van der Waals surface area contributed by atoms with Gasteiger partial charge in [-0.05, 0) is 36.2 Å². The van der Waals surface area contributed by atoms with E-state index in [0.29, 0.717) is 25.3 Å². The Morgan fingerprint density at radius 1 is 1.11 bits per heavy atom. The van der Waals surface area contributed by atoms with Crippen LogP contribution in [0.4, 0.5) is 5.82 Å². The molecule has 2 heterocycles. The molecule has 1 aromatic carbocycles. The van der Waals surface area contributed by atoms with Gasteiger partial charge in [-0.3, -0.25) is 14.5 Å². The van der Waals surface area contributed by atoms with Gasteiger partial charge >= 0.3 is 0 Å². The lowest BCUT2D eigenvalue weighted by Gasteiger charge is -2.33. The highest BCUT2D eigenvalue weighted by molar-refractivity contribution is 7.90. The molecule has 0 bridgehead atoms. The molecule has 1 fully saturated rings. The summed E-state index contributed by atoms with van der Waals surface area (Å²) in [5.41, 5.74) is 0.884. The first-order valence-corrected chi connectivity index (χ1v) is 10.5. The molecule has 2 amide bonds. The van der Waals surface area contributed by atoms with E-state index in [1.165, 1.54) is 0 Å². The average molecular weight is 387 g/mol. The largest absolute Gasteiger partial charge is 0.332 e. The third kappa shape index (κ3) is 4.71. The average Bonchev–Trinajstić information content (AvgIpc) is 2.66. The van der Waals surface area contributed by atoms with Gasteiger partial charge in [-0.15, -0.1) is 0 Å². The number of pyridine rings is 1. The van der Waals surface area contributed by atoms with Crippen molar-refractivity contribution >= 4 is 27.5 Å². The van der Waals surface area contributed by atoms with Crippen LogP contribution in [0.2, 0.25) is 0 Å². The van der Waals surface area contributed by atoms with Crippen molar-refractivity contribution in [1.82, 2.24) is 9.88 Å². The molecule has 27 heavy (non-hydrogen) atoms. The quantitative estimate of drug-likeness (QED) is 0.772. The summed E-state index contributed by atoms with van der Waals surface area (Å²) < 4.78 is 23.0. The Morgan fingerprint density at radius 2 is 1.85 bits per heavy atom. The molecule has 1 saturated heterocycles. The topological polar surface area (TPSA) is 87.7 Å². The number of amides is 2. The van der Waals surface area contributed by atoms with Crippen LogP contribution in [0.3, 0.4) is 0 Å². The lowest BCUT2D eigenvalue weighted by Crippen LogP contribution is -2.52. The van der Waals surface area contributed by atoms with Crippen molar-refractivity contribution in [3.8, 4) is 0 Å². The predicted molar refractivity (Wildman–Crippen MR) is 101 cm³/mol. The molecule has 142 valence electrons. The Hall–Kier alpha value is -2.74. The molecule has 1 aromatic heterocycles. The summed E-state index contributed by atoms with van der Waals surface area (Å²) in [4.78, 5) is 32.4. The van der Waals surface area contributed by atoms with Crippen molar-refractivity contribution in [2.45, 2.75) is 17.7 Å². The molecule has 1 aliphatic rings. The molecule has 0 spiro atoms. The predicted octanol–water partition coefficient (Wildman–Crippen LogP) is 1.29. The van der Waals surface area contributed by atoms with Gasteiger partial charge in [0.2, 0.25) is 11.8 Å². The fourth-order valence-corrected chi connectivity index (χ4v) is 3.58. The number of piperazine rings is 1. The number of benzene rings is 1. The zero-order chi connectivity index (χ0) is 19.4. The van der Waals surface area contributed by atoms with Crippen LogP contribution in [0.5, 0.6) is 0 Å². The van der Waals surface area contributed by atoms with Crippen molar-refractivity contribution in [1.29, 1.82) is 0 Å². The van der Waals surface area contributed by atoms with E-state index in [2.05, 4.69) is 4.98 Å². The van der Waals surface area contributed by atoms with Crippen LogP contribution < -0.4 is 4.90 Å². The maximum Gasteiger partial charge on any atom is 0.247 e. The SMILES string of the molecule is CS(=O)(=O)c1ccc(CCC(=O)N2CCN(c3ccccn3)C(=O)C2)cc1. The monoisotopic (exact) mass is 387 g/mol. The number of hydrogen-bond donors (Lipinski definition) is 0. The molecule has 3 rings (SSSR count). The molecule has 8 heteroatoms. The number of nitrogens with zero attached hydrogens (tertiary/aromatic N) is 3. The molecule has 7 nitrogen and oxygen atoms in total. The van der Waals surface area contributed by atoms with Crippen LogP contribution in [0.25, 0.3) is 0 Å². The number of carbonyl (C=O) groups excluding carboxylic acids is 2. The van der Waals surface area contributed by atoms with E-state index in [1.807, 2.05) is 6.07 Å². The van der Waals surface area contributed by atoms with Crippen molar-refractivity contribution < 1.29 is 18.0 Å². The summed E-state index contributed by atoms with van der Waals surface area (Å²) in [6.45, 7) is 0.932. The molecule has 0 saturated carbocycles. The number of hydrogen-bond acceptors (Lipinski definition) is 5. The summed E-state index contributed by atoms with van der Waals surface area (Å²) in [7, 11) is -3.22. The van der Waals surface area contributed by atoms with Crippen LogP contribution in [0, 0.1) is 0 Å². The van der Waals surface area contributed by atoms with Crippen LogP contribution in [0.1, 0.15) is 12.0 Å². The van der Waals surface area contributed by atoms with Gasteiger partial charge in [-0.1, -0.05) is 18.2 Å². The zero-order valence-corrected chi connectivity index (χ0v) is 15.9. The summed E-state index contributed by atoms with van der Waals surface area (Å²) in [5.74, 6) is 0.364. The number of aryl methyl sites for hydroxylation is 1. The van der Waals surface area contributed by atoms with E-state index >= 15 is 0 Å². The summed E-state index contributed by atoms with van der Waals surface area (Å²) in [6.07, 6.45) is 3.56. The number of carbonyl (C=O) groups is 2. The van der Waals surface area contributed by atoms with Crippen molar-refractivity contribution in [2.24, 2.45) is 0 Å². The Balaban J connectivity index is 1.54. The molecule has 0 radical (unpaired) electrons. The second-order valence-corrected chi connectivity index (χ2v) is 8.48. The number of rotatable bonds is 5. The Morgan fingerprint density at radius 3 is 2.44 bits per heavy atom. The first-order chi connectivity index (χ1) is 12.8. The highest BCUT2D eigenvalue weighted by atomic mass is 32.2. The van der Waals surface area contributed by atoms with E-state index in [4.69, 9.17) is 0 Å². The summed E-state index contributed by atoms with van der Waals surface area (Å²) in [5, 5.41) is 0. The van der Waals surface area contributed by atoms with Crippen LogP contribution >= 0.6 is 0 Å². The molecular formula is C19H21N3O4S. The van der Waals surface area contributed by atoms with Gasteiger partial charge in [0.25, 0.3) is 0 Å². The minimum Gasteiger partial charge on any atom is -0.332 e. The van der Waals surface area contributed by atoms with Crippen molar-refractivity contribution in [2.75, 3.05) is 30.8 Å². The van der Waals surface area contributed by atoms with Gasteiger partial charge < -0.3 is 4.90 Å². The Bertz CT molecular complexity index is 927. The van der Waals surface area contributed by atoms with E-state index in [0.717, 1.165) is 11.8 Å². The molecule has 1 aliphatic heterocycles. The van der Waals surface area contributed by atoms with E-state index < -0.39 is 9.84 Å². The van der Waals surface area contributed by atoms with E-state index in [1.54, 1.807) is 52.4 Å². The van der Waals surface area contributed by atoms with Gasteiger partial charge in [0.05, 0.1) is 4.90 Å². The molecular weight excluding hydrogens is 366 g/mol. The lowest BCUT2D eigenvalue weighted by atomic mass is 10.1. The van der Waals surface area contributed by atoms with Crippen molar-refractivity contribution in [3.05, 3.63) is 54.2 Å². The highest BCUT2D eigenvalue weighted by Crippen LogP contribution is 2.16. The fraction of sp³-hybridized carbons (Fsp3) is 0.316. The molecule has 0 atom stereocenters. The number of anilines is 1. The third-order valence-electron chi connectivity index (χ3n) is 4.48. The van der Waals surface area contributed by atoms with Gasteiger partial charge in [0.1, 0.15) is 12.4 Å². The summed E-state index contributed by atoms with van der Waals surface area (Å²) in [6, 6.07) is 11.9. The van der Waals surface area contributed by atoms with Crippen LogP contribution in [-0.2, 0) is 25.8 Å². The van der Waals surface area contributed by atoms with E-state index in [9.17, 15) is 18.0 Å². The maximum atomic E-state index is 12.4. The van der Waals surface area contributed by atoms with Crippen LogP contribution in [0.15, 0.2) is 53.6 Å². The second-order valence-electron chi connectivity index (χ2n) is 6.46. The minimum absolute atomic E-state index is 0.0441. The second kappa shape index (κ2) is 7.87. The molecule has 2 aromatic rings. The fourth-order valence-electron chi connectivity index (χ4n) is 2.95. The summed E-state index contributed by atoms with van der Waals surface area (Å²) >= 11 is 0. The highest BCUT2D eigenvalue weighted by Gasteiger charge is 2.28. The van der Waals surface area contributed by atoms with Gasteiger partial charge in [-0.2, -0.15) is 0 Å². The first-order valence-electron chi connectivity index (χ1n) is 8.63. The normalized spacial score (nSPS) is 15.1. The smallest absolute Gasteiger partial charge is 0.247 e. The molecule has 0 aliphatic carbocycles. The van der Waals surface area contributed by atoms with Gasteiger partial charge in [0.15, 0.2) is 9.84 Å². The van der Waals surface area contributed by atoms with Crippen LogP contribution in [-0.4, -0.2) is 56.0 Å². The lowest BCUT2D eigenvalue weighted by molar-refractivity contribution is -0.136. The Kier molecular flexibility index (Phi) is 5.55.